The van der Waals surface area contributed by atoms with Crippen LogP contribution in [0.15, 0.2) is 24.3 Å². The van der Waals surface area contributed by atoms with Gasteiger partial charge in [-0.2, -0.15) is 0 Å². The Morgan fingerprint density at radius 3 is 2.69 bits per heavy atom. The summed E-state index contributed by atoms with van der Waals surface area (Å²) in [6.07, 6.45) is 0. The molecule has 0 heterocycles. The molecule has 0 aliphatic heterocycles. The van der Waals surface area contributed by atoms with Crippen molar-refractivity contribution in [2.75, 3.05) is 4.31 Å². The number of hydrogen-bond donors (Lipinski definition) is 2. The van der Waals surface area contributed by atoms with Crippen LogP contribution in [0.5, 0.6) is 0 Å². The maximum absolute atomic E-state index is 5.35. The molecule has 0 fully saturated rings. The molecule has 0 aliphatic rings. The first kappa shape index (κ1) is 10.8. The van der Waals surface area contributed by atoms with Gasteiger partial charge in [0.25, 0.3) is 0 Å². The molecule has 5 heteroatoms. The number of thiol groups is 1. The Bertz CT molecular complexity index is 314. The molecule has 0 saturated heterocycles. The fourth-order valence-electron chi connectivity index (χ4n) is 0.949. The lowest BCUT2D eigenvalue weighted by molar-refractivity contribution is 1.42. The summed E-state index contributed by atoms with van der Waals surface area (Å²) in [5.41, 5.74) is 2.09. The minimum atomic E-state index is 0.539. The molecular formula is C8H10N2S3. The second-order valence-corrected chi connectivity index (χ2v) is 4.15. The van der Waals surface area contributed by atoms with Gasteiger partial charge in [0, 0.05) is 0 Å². The predicted octanol–water partition coefficient (Wildman–Crippen LogP) is 2.54. The number of benzene rings is 1. The minimum Gasteiger partial charge on any atom is -0.272 e. The van der Waals surface area contributed by atoms with Crippen molar-refractivity contribution in [2.45, 2.75) is 6.92 Å². The van der Waals surface area contributed by atoms with E-state index in [1.807, 2.05) is 31.2 Å². The summed E-state index contributed by atoms with van der Waals surface area (Å²) in [4.78, 5) is 0. The summed E-state index contributed by atoms with van der Waals surface area (Å²) in [6.45, 7) is 2.00. The zero-order valence-electron chi connectivity index (χ0n) is 7.10. The van der Waals surface area contributed by atoms with Crippen molar-refractivity contribution in [2.24, 2.45) is 5.14 Å². The summed E-state index contributed by atoms with van der Waals surface area (Å²) in [5.74, 6) is 0. The van der Waals surface area contributed by atoms with Crippen LogP contribution in [0.2, 0.25) is 0 Å². The lowest BCUT2D eigenvalue weighted by atomic mass is 10.2. The predicted molar refractivity (Wildman–Crippen MR) is 67.0 cm³/mol. The van der Waals surface area contributed by atoms with Crippen LogP contribution in [0.25, 0.3) is 0 Å². The normalized spacial score (nSPS) is 9.77. The summed E-state index contributed by atoms with van der Waals surface area (Å²) in [7, 11) is 0. The molecule has 0 bridgehead atoms. The number of aryl methyl sites for hydroxylation is 1. The summed E-state index contributed by atoms with van der Waals surface area (Å²) < 4.78 is 2.15. The molecular weight excluding hydrogens is 220 g/mol. The summed E-state index contributed by atoms with van der Waals surface area (Å²) >= 11 is 10.3. The Labute approximate surface area is 93.2 Å². The average Bonchev–Trinajstić information content (AvgIpc) is 2.16. The molecule has 1 aromatic rings. The highest BCUT2D eigenvalue weighted by Crippen LogP contribution is 2.23. The number of thiocarbonyl (C=S) groups is 1. The van der Waals surface area contributed by atoms with E-state index in [-0.39, 0.29) is 0 Å². The van der Waals surface area contributed by atoms with Gasteiger partial charge >= 0.3 is 0 Å². The molecule has 2 nitrogen and oxygen atoms in total. The van der Waals surface area contributed by atoms with E-state index >= 15 is 0 Å². The van der Waals surface area contributed by atoms with Crippen LogP contribution in [0.3, 0.4) is 0 Å². The van der Waals surface area contributed by atoms with Crippen molar-refractivity contribution < 1.29 is 0 Å². The number of rotatable bonds is 1. The Hall–Kier alpha value is -0.230. The number of nitrogens with zero attached hydrogens (tertiary/aromatic N) is 1. The van der Waals surface area contributed by atoms with Gasteiger partial charge in [0.2, 0.25) is 0 Å². The van der Waals surface area contributed by atoms with Crippen LogP contribution in [0.1, 0.15) is 5.56 Å². The van der Waals surface area contributed by atoms with Crippen LogP contribution >= 0.6 is 37.0 Å². The number of hydrogen-bond acceptors (Lipinski definition) is 4. The van der Waals surface area contributed by atoms with E-state index in [9.17, 15) is 0 Å². The zero-order chi connectivity index (χ0) is 9.84. The van der Waals surface area contributed by atoms with Gasteiger partial charge in [0.05, 0.1) is 5.69 Å². The van der Waals surface area contributed by atoms with E-state index in [0.717, 1.165) is 23.2 Å². The van der Waals surface area contributed by atoms with Crippen molar-refractivity contribution >= 4 is 47.0 Å². The van der Waals surface area contributed by atoms with Crippen molar-refractivity contribution in [3.63, 3.8) is 0 Å². The molecule has 70 valence electrons. The fraction of sp³-hybridized carbons (Fsp3) is 0.125. The van der Waals surface area contributed by atoms with Crippen LogP contribution in [-0.2, 0) is 0 Å². The molecule has 0 aliphatic carbocycles. The lowest BCUT2D eigenvalue weighted by Gasteiger charge is -2.18. The summed E-state index contributed by atoms with van der Waals surface area (Å²) in [5, 5.41) is 5.35. The smallest absolute Gasteiger partial charge is 0.165 e. The van der Waals surface area contributed by atoms with Crippen LogP contribution in [0, 0.1) is 6.92 Å². The van der Waals surface area contributed by atoms with Gasteiger partial charge in [-0.15, -0.1) is 0 Å². The molecule has 0 amide bonds. The topological polar surface area (TPSA) is 29.3 Å². The van der Waals surface area contributed by atoms with Gasteiger partial charge in [-0.3, -0.25) is 9.44 Å². The van der Waals surface area contributed by atoms with Gasteiger partial charge in [-0.05, 0) is 30.5 Å². The van der Waals surface area contributed by atoms with Crippen LogP contribution < -0.4 is 9.44 Å². The van der Waals surface area contributed by atoms with E-state index in [2.05, 4.69) is 12.8 Å². The molecule has 0 spiro atoms. The van der Waals surface area contributed by atoms with Crippen LogP contribution in [0.4, 0.5) is 5.69 Å². The Kier molecular flexibility index (Phi) is 4.05. The zero-order valence-corrected chi connectivity index (χ0v) is 9.63. The van der Waals surface area contributed by atoms with Crippen LogP contribution in [-0.4, -0.2) is 4.32 Å². The molecule has 1 rings (SSSR count). The van der Waals surface area contributed by atoms with Crippen molar-refractivity contribution in [3.8, 4) is 0 Å². The van der Waals surface area contributed by atoms with E-state index in [1.54, 1.807) is 4.31 Å². The fourth-order valence-corrected chi connectivity index (χ4v) is 1.61. The monoisotopic (exact) mass is 230 g/mol. The third kappa shape index (κ3) is 2.60. The third-order valence-electron chi connectivity index (χ3n) is 1.62. The van der Waals surface area contributed by atoms with E-state index in [4.69, 9.17) is 17.4 Å². The standard InChI is InChI=1S/C8H10N2S3/c1-6-4-2-3-5-7(6)10(12)8(11)13-9/h2-5,12H,9H2,1H3. The first-order chi connectivity index (χ1) is 6.16. The minimum absolute atomic E-state index is 0.539. The molecule has 0 radical (unpaired) electrons. The maximum atomic E-state index is 5.35. The first-order valence-electron chi connectivity index (χ1n) is 3.62. The molecule has 0 aromatic heterocycles. The van der Waals surface area contributed by atoms with Crippen molar-refractivity contribution in [1.82, 2.24) is 0 Å². The molecule has 0 unspecified atom stereocenters. The number of nitrogens with two attached hydrogens (primary N) is 1. The highest BCUT2D eigenvalue weighted by Gasteiger charge is 2.08. The molecule has 13 heavy (non-hydrogen) atoms. The lowest BCUT2D eigenvalue weighted by Crippen LogP contribution is -2.17. The quantitative estimate of drug-likeness (QED) is 0.441. The highest BCUT2D eigenvalue weighted by molar-refractivity contribution is 8.23. The number of para-hydroxylation sites is 1. The van der Waals surface area contributed by atoms with Crippen molar-refractivity contribution in [3.05, 3.63) is 29.8 Å². The van der Waals surface area contributed by atoms with E-state index < -0.39 is 0 Å². The molecule has 1 aromatic carbocycles. The van der Waals surface area contributed by atoms with E-state index in [0.29, 0.717) is 4.32 Å². The Morgan fingerprint density at radius 1 is 1.54 bits per heavy atom. The van der Waals surface area contributed by atoms with Gasteiger partial charge in [0.1, 0.15) is 0 Å². The Balaban J connectivity index is 2.95. The van der Waals surface area contributed by atoms with E-state index in [1.165, 1.54) is 0 Å². The molecule has 0 atom stereocenters. The first-order valence-corrected chi connectivity index (χ1v) is 5.31. The second-order valence-electron chi connectivity index (χ2n) is 2.48. The maximum Gasteiger partial charge on any atom is 0.165 e. The average molecular weight is 230 g/mol. The van der Waals surface area contributed by atoms with Crippen molar-refractivity contribution in [1.29, 1.82) is 0 Å². The largest absolute Gasteiger partial charge is 0.272 e. The summed E-state index contributed by atoms with van der Waals surface area (Å²) in [6, 6.07) is 7.86. The van der Waals surface area contributed by atoms with Gasteiger partial charge < -0.3 is 0 Å². The van der Waals surface area contributed by atoms with Gasteiger partial charge in [-0.1, -0.05) is 43.2 Å². The third-order valence-corrected chi connectivity index (χ3v) is 3.16. The van der Waals surface area contributed by atoms with Gasteiger partial charge in [-0.25, -0.2) is 0 Å². The highest BCUT2D eigenvalue weighted by atomic mass is 32.2. The molecule has 2 N–H and O–H groups in total. The SMILES string of the molecule is Cc1ccccc1N(S)C(=S)SN. The Morgan fingerprint density at radius 2 is 2.15 bits per heavy atom. The van der Waals surface area contributed by atoms with Gasteiger partial charge in [0.15, 0.2) is 4.32 Å². The molecule has 0 saturated carbocycles. The second kappa shape index (κ2) is 4.85. The number of anilines is 1.